The van der Waals surface area contributed by atoms with E-state index in [2.05, 4.69) is 29.5 Å². The predicted molar refractivity (Wildman–Crippen MR) is 76.4 cm³/mol. The van der Waals surface area contributed by atoms with Gasteiger partial charge >= 0.3 is 0 Å². The minimum atomic E-state index is 0.133. The number of halogens is 2. The first kappa shape index (κ1) is 12.6. The Morgan fingerprint density at radius 1 is 1.75 bits per heavy atom. The zero-order valence-electron chi connectivity index (χ0n) is 8.95. The van der Waals surface area contributed by atoms with Gasteiger partial charge in [0, 0.05) is 23.8 Å². The summed E-state index contributed by atoms with van der Waals surface area (Å²) in [5, 5.41) is 1.93. The molecule has 1 amide bonds. The molecule has 0 aromatic carbocycles. The molecule has 0 bridgehead atoms. The summed E-state index contributed by atoms with van der Waals surface area (Å²) < 4.78 is 1.15. The van der Waals surface area contributed by atoms with Crippen molar-refractivity contribution < 1.29 is 4.79 Å². The van der Waals surface area contributed by atoms with Crippen LogP contribution in [0, 0.1) is 8.80 Å². The van der Waals surface area contributed by atoms with Crippen LogP contribution in [0.4, 0.5) is 0 Å². The largest absolute Gasteiger partial charge is 0.334 e. The summed E-state index contributed by atoms with van der Waals surface area (Å²) in [5.74, 6) is 1.18. The van der Waals surface area contributed by atoms with Crippen LogP contribution < -0.4 is 0 Å². The van der Waals surface area contributed by atoms with E-state index in [1.54, 1.807) is 11.3 Å². The van der Waals surface area contributed by atoms with Crippen molar-refractivity contribution in [1.82, 2.24) is 4.90 Å². The topological polar surface area (TPSA) is 20.3 Å². The van der Waals surface area contributed by atoms with E-state index in [9.17, 15) is 4.79 Å². The maximum Gasteiger partial charge on any atom is 0.255 e. The van der Waals surface area contributed by atoms with Crippen molar-refractivity contribution >= 4 is 51.4 Å². The van der Waals surface area contributed by atoms with Gasteiger partial charge in [-0.25, -0.2) is 0 Å². The van der Waals surface area contributed by atoms with Gasteiger partial charge in [0.2, 0.25) is 0 Å². The minimum absolute atomic E-state index is 0.133. The minimum Gasteiger partial charge on any atom is -0.334 e. The highest BCUT2D eigenvalue weighted by molar-refractivity contribution is 14.1. The quantitative estimate of drug-likeness (QED) is 0.578. The Kier molecular flexibility index (Phi) is 4.13. The molecule has 0 saturated carbocycles. The van der Waals surface area contributed by atoms with Crippen molar-refractivity contribution in [1.29, 1.82) is 0 Å². The number of carbonyl (C=O) groups is 1. The van der Waals surface area contributed by atoms with Gasteiger partial charge in [0.05, 0.1) is 8.45 Å². The third-order valence-corrected chi connectivity index (χ3v) is 5.22. The fourth-order valence-corrected chi connectivity index (χ4v) is 3.87. The first-order chi connectivity index (χ1) is 7.63. The molecule has 2 atom stereocenters. The highest BCUT2D eigenvalue weighted by Gasteiger charge is 2.34. The lowest BCUT2D eigenvalue weighted by Crippen LogP contribution is -2.38. The molecular formula is C11H13ClINOS. The monoisotopic (exact) mass is 369 g/mol. The summed E-state index contributed by atoms with van der Waals surface area (Å²) in [6.45, 7) is 3.00. The van der Waals surface area contributed by atoms with E-state index >= 15 is 0 Å². The van der Waals surface area contributed by atoms with Crippen LogP contribution in [0.2, 0.25) is 0 Å². The van der Waals surface area contributed by atoms with Crippen LogP contribution in [0.15, 0.2) is 11.4 Å². The van der Waals surface area contributed by atoms with Crippen LogP contribution in [0.5, 0.6) is 0 Å². The van der Waals surface area contributed by atoms with Gasteiger partial charge in [0.1, 0.15) is 0 Å². The molecule has 1 aromatic heterocycles. The molecule has 16 heavy (non-hydrogen) atoms. The molecule has 1 fully saturated rings. The fourth-order valence-electron chi connectivity index (χ4n) is 2.08. The lowest BCUT2D eigenvalue weighted by molar-refractivity contribution is 0.0737. The third kappa shape index (κ3) is 2.38. The van der Waals surface area contributed by atoms with Crippen molar-refractivity contribution in [3.8, 4) is 0 Å². The van der Waals surface area contributed by atoms with Crippen LogP contribution in [0.1, 0.15) is 23.7 Å². The summed E-state index contributed by atoms with van der Waals surface area (Å²) in [5.41, 5.74) is 0.804. The number of nitrogens with zero attached hydrogens (tertiary/aromatic N) is 1. The van der Waals surface area contributed by atoms with Gasteiger partial charge in [0.15, 0.2) is 0 Å². The van der Waals surface area contributed by atoms with Crippen LogP contribution in [-0.4, -0.2) is 29.3 Å². The van der Waals surface area contributed by atoms with E-state index < -0.39 is 0 Å². The van der Waals surface area contributed by atoms with Crippen molar-refractivity contribution in [2.75, 3.05) is 12.4 Å². The van der Waals surface area contributed by atoms with Crippen molar-refractivity contribution in [3.05, 3.63) is 19.9 Å². The number of likely N-dealkylation sites (tertiary alicyclic amines) is 1. The average Bonchev–Trinajstić information content (AvgIpc) is 2.83. The molecule has 0 N–H and O–H groups in total. The maximum absolute atomic E-state index is 12.2. The Bertz CT molecular complexity index is 395. The normalized spacial score (nSPS) is 25.1. The molecule has 1 aliphatic rings. The smallest absolute Gasteiger partial charge is 0.255 e. The van der Waals surface area contributed by atoms with Crippen LogP contribution in [-0.2, 0) is 0 Å². The van der Waals surface area contributed by atoms with E-state index in [-0.39, 0.29) is 11.9 Å². The second-order valence-electron chi connectivity index (χ2n) is 4.13. The maximum atomic E-state index is 12.2. The lowest BCUT2D eigenvalue weighted by atomic mass is 10.0. The summed E-state index contributed by atoms with van der Waals surface area (Å²) in [6.07, 6.45) is 1.06. The number of hydrogen-bond donors (Lipinski definition) is 0. The zero-order chi connectivity index (χ0) is 11.7. The Hall–Kier alpha value is 0.190. The third-order valence-electron chi connectivity index (χ3n) is 3.12. The number of amides is 1. The molecule has 2 unspecified atom stereocenters. The molecule has 2 nitrogen and oxygen atoms in total. The summed E-state index contributed by atoms with van der Waals surface area (Å²) in [4.78, 5) is 14.2. The molecular weight excluding hydrogens is 357 g/mol. The van der Waals surface area contributed by atoms with Crippen LogP contribution in [0.25, 0.3) is 0 Å². The lowest BCUT2D eigenvalue weighted by Gasteiger charge is -2.24. The van der Waals surface area contributed by atoms with Gasteiger partial charge in [-0.3, -0.25) is 4.79 Å². The van der Waals surface area contributed by atoms with Gasteiger partial charge < -0.3 is 4.90 Å². The van der Waals surface area contributed by atoms with E-state index in [1.165, 1.54) is 0 Å². The second-order valence-corrected chi connectivity index (χ2v) is 7.24. The molecule has 88 valence electrons. The molecule has 5 heteroatoms. The van der Waals surface area contributed by atoms with Gasteiger partial charge in [-0.15, -0.1) is 22.9 Å². The number of thiophene rings is 1. The molecule has 1 saturated heterocycles. The predicted octanol–water partition coefficient (Wildman–Crippen LogP) is 3.44. The fraction of sp³-hybridized carbons (Fsp3) is 0.545. The number of carbonyl (C=O) groups excluding carboxylic acids is 1. The molecule has 0 aliphatic carbocycles. The van der Waals surface area contributed by atoms with Gasteiger partial charge in [-0.2, -0.15) is 0 Å². The number of hydrogen-bond acceptors (Lipinski definition) is 2. The first-order valence-electron chi connectivity index (χ1n) is 5.24. The first-order valence-corrected chi connectivity index (χ1v) is 7.73. The average molecular weight is 370 g/mol. The Morgan fingerprint density at radius 2 is 2.50 bits per heavy atom. The molecule has 2 heterocycles. The van der Waals surface area contributed by atoms with Gasteiger partial charge in [-0.05, 0) is 41.0 Å². The van der Waals surface area contributed by atoms with Gasteiger partial charge in [0.25, 0.3) is 5.91 Å². The molecule has 0 spiro atoms. The van der Waals surface area contributed by atoms with E-state index in [0.717, 1.165) is 21.4 Å². The molecule has 1 aromatic rings. The molecule has 1 aliphatic heterocycles. The van der Waals surface area contributed by atoms with Crippen molar-refractivity contribution in [3.63, 3.8) is 0 Å². The van der Waals surface area contributed by atoms with E-state index in [1.807, 2.05) is 16.3 Å². The molecule has 2 rings (SSSR count). The molecule has 0 radical (unpaired) electrons. The van der Waals surface area contributed by atoms with Crippen molar-refractivity contribution in [2.45, 2.75) is 19.4 Å². The summed E-state index contributed by atoms with van der Waals surface area (Å²) >= 11 is 9.79. The van der Waals surface area contributed by atoms with E-state index in [4.69, 9.17) is 11.6 Å². The summed E-state index contributed by atoms with van der Waals surface area (Å²) in [6, 6.07) is 2.15. The summed E-state index contributed by atoms with van der Waals surface area (Å²) in [7, 11) is 0. The Balaban J connectivity index is 2.16. The highest BCUT2D eigenvalue weighted by Crippen LogP contribution is 2.27. The SMILES string of the molecule is CC1CCN(C(=O)c2csc(I)c2)C1CCl. The van der Waals surface area contributed by atoms with Crippen molar-refractivity contribution in [2.24, 2.45) is 5.92 Å². The van der Waals surface area contributed by atoms with E-state index in [0.29, 0.717) is 11.8 Å². The van der Waals surface area contributed by atoms with Crippen LogP contribution in [0.3, 0.4) is 0 Å². The highest BCUT2D eigenvalue weighted by atomic mass is 127. The second kappa shape index (κ2) is 5.23. The Labute approximate surface area is 118 Å². The number of rotatable bonds is 2. The van der Waals surface area contributed by atoms with Crippen LogP contribution >= 0.6 is 45.5 Å². The standard InChI is InChI=1S/C11H13ClINOS/c1-7-2-3-14(9(7)5-12)11(15)8-4-10(13)16-6-8/h4,6-7,9H,2-3,5H2,1H3. The number of alkyl halides is 1. The Morgan fingerprint density at radius 3 is 3.06 bits per heavy atom. The zero-order valence-corrected chi connectivity index (χ0v) is 12.7. The van der Waals surface area contributed by atoms with Gasteiger partial charge in [-0.1, -0.05) is 6.92 Å².